The summed E-state index contributed by atoms with van der Waals surface area (Å²) in [6, 6.07) is 0. The lowest BCUT2D eigenvalue weighted by atomic mass is 9.47. The fraction of sp³-hybridized carbons (Fsp3) is 0.923. The number of ether oxygens (including phenoxy) is 4. The number of hydrogen-bond donors (Lipinski definition) is 0. The van der Waals surface area contributed by atoms with Gasteiger partial charge in [0.1, 0.15) is 0 Å². The molecular weight excluding hydrogens is 376 g/mol. The highest BCUT2D eigenvalue weighted by atomic mass is 16.7. The molecule has 1 spiro atoms. The smallest absolute Gasteiger partial charge is 0.188 e. The predicted octanol–water partition coefficient (Wildman–Crippen LogP) is 5.60. The van der Waals surface area contributed by atoms with Crippen molar-refractivity contribution in [2.45, 2.75) is 103 Å². The zero-order chi connectivity index (χ0) is 20.4. The summed E-state index contributed by atoms with van der Waals surface area (Å²) in [7, 11) is 0. The largest absolute Gasteiger partial charge is 0.353 e. The topological polar surface area (TPSA) is 36.9 Å². The van der Waals surface area contributed by atoms with Crippen LogP contribution in [0.5, 0.6) is 0 Å². The van der Waals surface area contributed by atoms with Crippen molar-refractivity contribution in [3.8, 4) is 0 Å². The lowest BCUT2D eigenvalue weighted by molar-refractivity contribution is -0.216. The predicted molar refractivity (Wildman–Crippen MR) is 115 cm³/mol. The standard InChI is InChI=1S/C26H40O4/c1-24-12-13-26(28-15-16-29-26)17-18(24)6-7-19-20-8-9-22(25(20,2)11-10-21(19)24)30-23-5-3-4-14-27-23/h17,19-23H,3-16H2,1-2H3/t19-,20-,21-,22-,23?,24-,25-/m0/s1. The molecular formula is C26H40O4. The van der Waals surface area contributed by atoms with Gasteiger partial charge in [-0.15, -0.1) is 0 Å². The van der Waals surface area contributed by atoms with Gasteiger partial charge in [0.15, 0.2) is 12.1 Å². The van der Waals surface area contributed by atoms with E-state index >= 15 is 0 Å². The van der Waals surface area contributed by atoms with Gasteiger partial charge < -0.3 is 18.9 Å². The monoisotopic (exact) mass is 416 g/mol. The maximum atomic E-state index is 6.63. The van der Waals surface area contributed by atoms with Gasteiger partial charge in [-0.25, -0.2) is 0 Å². The number of allylic oxidation sites excluding steroid dienone is 1. The van der Waals surface area contributed by atoms with Crippen LogP contribution in [0.25, 0.3) is 0 Å². The molecule has 0 aromatic carbocycles. The van der Waals surface area contributed by atoms with Gasteiger partial charge in [0.2, 0.25) is 0 Å². The molecule has 2 heterocycles. The molecule has 6 aliphatic rings. The lowest BCUT2D eigenvalue weighted by Gasteiger charge is -2.59. The first-order valence-electron chi connectivity index (χ1n) is 12.8. The van der Waals surface area contributed by atoms with E-state index in [0.717, 1.165) is 50.4 Å². The van der Waals surface area contributed by atoms with E-state index in [0.29, 0.717) is 16.9 Å². The third kappa shape index (κ3) is 3.00. The molecule has 4 aliphatic carbocycles. The Morgan fingerprint density at radius 3 is 2.53 bits per heavy atom. The first-order valence-corrected chi connectivity index (χ1v) is 12.8. The van der Waals surface area contributed by atoms with Crippen molar-refractivity contribution in [1.82, 2.24) is 0 Å². The van der Waals surface area contributed by atoms with Gasteiger partial charge in [-0.2, -0.15) is 0 Å². The highest BCUT2D eigenvalue weighted by Gasteiger charge is 2.60. The van der Waals surface area contributed by atoms with Crippen molar-refractivity contribution in [2.24, 2.45) is 28.6 Å². The van der Waals surface area contributed by atoms with Crippen LogP contribution in [0, 0.1) is 28.6 Å². The number of rotatable bonds is 2. The molecule has 4 nitrogen and oxygen atoms in total. The van der Waals surface area contributed by atoms with Crippen LogP contribution in [0.3, 0.4) is 0 Å². The molecule has 3 saturated carbocycles. The van der Waals surface area contributed by atoms with Crippen LogP contribution in [0.2, 0.25) is 0 Å². The Morgan fingerprint density at radius 2 is 1.73 bits per heavy atom. The summed E-state index contributed by atoms with van der Waals surface area (Å²) in [6.07, 6.45) is 16.5. The van der Waals surface area contributed by atoms with E-state index in [1.54, 1.807) is 5.57 Å². The first-order chi connectivity index (χ1) is 14.5. The molecule has 168 valence electrons. The second-order valence-corrected chi connectivity index (χ2v) is 11.6. The highest BCUT2D eigenvalue weighted by Crippen LogP contribution is 2.66. The molecule has 0 aromatic heterocycles. The summed E-state index contributed by atoms with van der Waals surface area (Å²) in [5, 5.41) is 0. The molecule has 1 unspecified atom stereocenters. The van der Waals surface area contributed by atoms with Crippen LogP contribution in [0.4, 0.5) is 0 Å². The normalized spacial score (nSPS) is 49.9. The van der Waals surface area contributed by atoms with Crippen molar-refractivity contribution < 1.29 is 18.9 Å². The van der Waals surface area contributed by atoms with Gasteiger partial charge in [0, 0.05) is 13.0 Å². The zero-order valence-electron chi connectivity index (χ0n) is 19.0. The summed E-state index contributed by atoms with van der Waals surface area (Å²) in [4.78, 5) is 0. The molecule has 0 radical (unpaired) electrons. The van der Waals surface area contributed by atoms with E-state index < -0.39 is 5.79 Å². The Hall–Kier alpha value is -0.420. The Bertz CT molecular complexity index is 691. The van der Waals surface area contributed by atoms with E-state index in [9.17, 15) is 0 Å². The van der Waals surface area contributed by atoms with E-state index in [-0.39, 0.29) is 6.29 Å². The first kappa shape index (κ1) is 20.2. The van der Waals surface area contributed by atoms with Crippen LogP contribution >= 0.6 is 0 Å². The van der Waals surface area contributed by atoms with Crippen molar-refractivity contribution in [3.05, 3.63) is 11.6 Å². The van der Waals surface area contributed by atoms with Crippen LogP contribution in [-0.4, -0.2) is 38.0 Å². The average molecular weight is 417 g/mol. The van der Waals surface area contributed by atoms with Crippen molar-refractivity contribution in [2.75, 3.05) is 19.8 Å². The average Bonchev–Trinajstić information content (AvgIpc) is 3.34. The summed E-state index contributed by atoms with van der Waals surface area (Å²) in [6.45, 7) is 7.50. The Kier molecular flexibility index (Phi) is 4.92. The molecule has 7 atom stereocenters. The summed E-state index contributed by atoms with van der Waals surface area (Å²) in [5.41, 5.74) is 2.32. The minimum Gasteiger partial charge on any atom is -0.353 e. The summed E-state index contributed by atoms with van der Waals surface area (Å²) < 4.78 is 24.7. The zero-order valence-corrected chi connectivity index (χ0v) is 19.0. The maximum Gasteiger partial charge on any atom is 0.188 e. The molecule has 0 amide bonds. The van der Waals surface area contributed by atoms with Gasteiger partial charge in [-0.3, -0.25) is 0 Å². The number of hydrogen-bond acceptors (Lipinski definition) is 4. The fourth-order valence-electron chi connectivity index (χ4n) is 8.56. The second kappa shape index (κ2) is 7.30. The van der Waals surface area contributed by atoms with Gasteiger partial charge >= 0.3 is 0 Å². The molecule has 0 bridgehead atoms. The van der Waals surface area contributed by atoms with Gasteiger partial charge in [0.05, 0.1) is 19.3 Å². The Balaban J connectivity index is 1.21. The molecule has 30 heavy (non-hydrogen) atoms. The highest BCUT2D eigenvalue weighted by molar-refractivity contribution is 5.27. The summed E-state index contributed by atoms with van der Waals surface area (Å²) in [5.74, 6) is 2.10. The molecule has 0 N–H and O–H groups in total. The van der Waals surface area contributed by atoms with E-state index in [1.807, 2.05) is 0 Å². The molecule has 0 aromatic rings. The van der Waals surface area contributed by atoms with Crippen molar-refractivity contribution >= 4 is 0 Å². The van der Waals surface area contributed by atoms with Crippen LogP contribution in [0.15, 0.2) is 11.6 Å². The van der Waals surface area contributed by atoms with Gasteiger partial charge in [-0.05, 0) is 98.9 Å². The third-order valence-electron chi connectivity index (χ3n) is 10.3. The van der Waals surface area contributed by atoms with E-state index in [2.05, 4.69) is 19.9 Å². The Labute approximate surface area is 182 Å². The van der Waals surface area contributed by atoms with Gasteiger partial charge in [0.25, 0.3) is 0 Å². The maximum absolute atomic E-state index is 6.63. The van der Waals surface area contributed by atoms with Crippen LogP contribution in [0.1, 0.15) is 84.5 Å². The third-order valence-corrected chi connectivity index (χ3v) is 10.3. The molecule has 6 rings (SSSR count). The van der Waals surface area contributed by atoms with Crippen molar-refractivity contribution in [3.63, 3.8) is 0 Å². The Morgan fingerprint density at radius 1 is 0.867 bits per heavy atom. The van der Waals surface area contributed by atoms with Crippen LogP contribution in [-0.2, 0) is 18.9 Å². The minimum absolute atomic E-state index is 0.0522. The number of fused-ring (bicyclic) bond motifs is 5. The fourth-order valence-corrected chi connectivity index (χ4v) is 8.56. The summed E-state index contributed by atoms with van der Waals surface area (Å²) >= 11 is 0. The lowest BCUT2D eigenvalue weighted by Crippen LogP contribution is -2.53. The SMILES string of the molecule is C[C@]12CC[C@H]3[C@@H](CCC4=CC5(CC[C@@]43C)OCCO5)[C@@H]1CC[C@@H]2OC1CCCCO1. The van der Waals surface area contributed by atoms with E-state index in [4.69, 9.17) is 18.9 Å². The minimum atomic E-state index is -0.392. The quantitative estimate of drug-likeness (QED) is 0.549. The molecule has 5 fully saturated rings. The molecule has 2 aliphatic heterocycles. The molecule has 4 heteroatoms. The second-order valence-electron chi connectivity index (χ2n) is 11.6. The van der Waals surface area contributed by atoms with Gasteiger partial charge in [-0.1, -0.05) is 19.4 Å². The molecule has 2 saturated heterocycles. The van der Waals surface area contributed by atoms with E-state index in [1.165, 1.54) is 57.8 Å². The van der Waals surface area contributed by atoms with Crippen molar-refractivity contribution in [1.29, 1.82) is 0 Å². The van der Waals surface area contributed by atoms with Crippen LogP contribution < -0.4 is 0 Å².